The maximum Gasteiger partial charge on any atom is 0.254 e. The number of nitrogens with zero attached hydrogens (tertiary/aromatic N) is 4. The lowest BCUT2D eigenvalue weighted by Crippen LogP contribution is -2.40. The molecule has 0 saturated carbocycles. The summed E-state index contributed by atoms with van der Waals surface area (Å²) < 4.78 is 2.19. The van der Waals surface area contributed by atoms with Crippen LogP contribution in [-0.4, -0.2) is 37.1 Å². The third-order valence-corrected chi connectivity index (χ3v) is 5.39. The molecule has 0 aliphatic carbocycles. The summed E-state index contributed by atoms with van der Waals surface area (Å²) in [5.74, 6) is 1.83. The van der Waals surface area contributed by atoms with Crippen LogP contribution < -0.4 is 0 Å². The van der Waals surface area contributed by atoms with Gasteiger partial charge in [-0.3, -0.25) is 4.79 Å². The molecular formula is C22H21N5O. The molecule has 0 unspecified atom stereocenters. The Bertz CT molecular complexity index is 1140. The molecule has 1 atom stereocenters. The number of hydrogen-bond acceptors (Lipinski definition) is 3. The zero-order valence-corrected chi connectivity index (χ0v) is 15.7. The predicted octanol–water partition coefficient (Wildman–Crippen LogP) is 3.57. The van der Waals surface area contributed by atoms with Crippen LogP contribution in [0.5, 0.6) is 0 Å². The molecular weight excluding hydrogens is 350 g/mol. The molecule has 1 amide bonds. The van der Waals surface area contributed by atoms with Gasteiger partial charge in [0.15, 0.2) is 5.82 Å². The number of hydrogen-bond donors (Lipinski definition) is 1. The van der Waals surface area contributed by atoms with Gasteiger partial charge >= 0.3 is 0 Å². The van der Waals surface area contributed by atoms with Gasteiger partial charge in [-0.25, -0.2) is 0 Å². The first-order valence-corrected chi connectivity index (χ1v) is 9.52. The molecule has 2 aromatic carbocycles. The Kier molecular flexibility index (Phi) is 3.97. The van der Waals surface area contributed by atoms with Gasteiger partial charge in [-0.1, -0.05) is 36.4 Å². The first kappa shape index (κ1) is 16.7. The van der Waals surface area contributed by atoms with Crippen molar-refractivity contribution in [2.45, 2.75) is 25.9 Å². The number of H-pyrrole nitrogens is 1. The number of amides is 1. The van der Waals surface area contributed by atoms with Crippen LogP contribution in [-0.2, 0) is 13.0 Å². The fourth-order valence-corrected chi connectivity index (χ4v) is 4.03. The number of rotatable bonds is 3. The number of aromatic amines is 1. The van der Waals surface area contributed by atoms with Crippen molar-refractivity contribution in [2.75, 3.05) is 6.54 Å². The molecule has 1 N–H and O–H groups in total. The summed E-state index contributed by atoms with van der Waals surface area (Å²) in [6, 6.07) is 18.2. The minimum absolute atomic E-state index is 0.0298. The Hall–Kier alpha value is -3.41. The van der Waals surface area contributed by atoms with E-state index in [4.69, 9.17) is 0 Å². The summed E-state index contributed by atoms with van der Waals surface area (Å²) in [4.78, 5) is 18.1. The second kappa shape index (κ2) is 6.64. The summed E-state index contributed by atoms with van der Waals surface area (Å²) >= 11 is 0. The highest BCUT2D eigenvalue weighted by molar-refractivity contribution is 5.98. The van der Waals surface area contributed by atoms with E-state index in [0.717, 1.165) is 29.0 Å². The van der Waals surface area contributed by atoms with E-state index in [1.807, 2.05) is 53.6 Å². The first-order valence-electron chi connectivity index (χ1n) is 9.52. The van der Waals surface area contributed by atoms with E-state index in [2.05, 4.69) is 38.8 Å². The molecule has 0 fully saturated rings. The van der Waals surface area contributed by atoms with Gasteiger partial charge < -0.3 is 14.5 Å². The molecule has 2 aromatic heterocycles. The lowest BCUT2D eigenvalue weighted by atomic mass is 10.1. The summed E-state index contributed by atoms with van der Waals surface area (Å²) in [7, 11) is 0. The van der Waals surface area contributed by atoms with Crippen LogP contribution in [0.15, 0.2) is 60.8 Å². The number of nitrogens with one attached hydrogen (secondary N) is 1. The number of carbonyl (C=O) groups excluding carboxylic acids is 1. The molecule has 5 rings (SSSR count). The number of benzene rings is 2. The Morgan fingerprint density at radius 3 is 2.86 bits per heavy atom. The lowest BCUT2D eigenvalue weighted by Gasteiger charge is -2.32. The summed E-state index contributed by atoms with van der Waals surface area (Å²) in [6.45, 7) is 3.25. The van der Waals surface area contributed by atoms with E-state index in [1.54, 1.807) is 0 Å². The second-order valence-electron chi connectivity index (χ2n) is 7.38. The Morgan fingerprint density at radius 2 is 2.00 bits per heavy atom. The number of aromatic nitrogens is 4. The van der Waals surface area contributed by atoms with Gasteiger partial charge in [0.1, 0.15) is 5.82 Å². The molecule has 0 spiro atoms. The topological polar surface area (TPSA) is 66.8 Å². The highest BCUT2D eigenvalue weighted by Gasteiger charge is 2.29. The van der Waals surface area contributed by atoms with E-state index < -0.39 is 0 Å². The minimum Gasteiger partial charge on any atom is -0.361 e. The molecule has 28 heavy (non-hydrogen) atoms. The maximum absolute atomic E-state index is 13.1. The third-order valence-electron chi connectivity index (χ3n) is 5.39. The van der Waals surface area contributed by atoms with Gasteiger partial charge in [0, 0.05) is 30.2 Å². The molecule has 140 valence electrons. The van der Waals surface area contributed by atoms with E-state index in [9.17, 15) is 4.79 Å². The largest absolute Gasteiger partial charge is 0.361 e. The van der Waals surface area contributed by atoms with Gasteiger partial charge in [0.2, 0.25) is 0 Å². The van der Waals surface area contributed by atoms with E-state index in [0.29, 0.717) is 18.7 Å². The van der Waals surface area contributed by atoms with Crippen LogP contribution in [0.25, 0.3) is 10.9 Å². The van der Waals surface area contributed by atoms with Crippen molar-refractivity contribution in [1.82, 2.24) is 24.6 Å². The normalized spacial score (nSPS) is 16.3. The first-order chi connectivity index (χ1) is 13.7. The maximum atomic E-state index is 13.1. The van der Waals surface area contributed by atoms with Crippen LogP contribution in [0, 0.1) is 0 Å². The highest BCUT2D eigenvalue weighted by atomic mass is 16.2. The highest BCUT2D eigenvalue weighted by Crippen LogP contribution is 2.25. The third kappa shape index (κ3) is 2.87. The monoisotopic (exact) mass is 371 g/mol. The summed E-state index contributed by atoms with van der Waals surface area (Å²) in [5, 5.41) is 9.90. The number of carbonyl (C=O) groups is 1. The molecule has 1 aliphatic rings. The second-order valence-corrected chi connectivity index (χ2v) is 7.38. The molecule has 6 heteroatoms. The van der Waals surface area contributed by atoms with Gasteiger partial charge in [0.25, 0.3) is 5.91 Å². The zero-order chi connectivity index (χ0) is 19.1. The van der Waals surface area contributed by atoms with Gasteiger partial charge in [-0.2, -0.15) is 0 Å². The van der Waals surface area contributed by atoms with Crippen molar-refractivity contribution in [1.29, 1.82) is 0 Å². The molecule has 0 radical (unpaired) electrons. The van der Waals surface area contributed by atoms with Crippen molar-refractivity contribution in [3.05, 3.63) is 83.6 Å². The van der Waals surface area contributed by atoms with E-state index in [1.165, 1.54) is 5.56 Å². The van der Waals surface area contributed by atoms with Crippen molar-refractivity contribution < 1.29 is 4.79 Å². The average molecular weight is 371 g/mol. The fourth-order valence-electron chi connectivity index (χ4n) is 4.03. The minimum atomic E-state index is 0.0298. The average Bonchev–Trinajstić information content (AvgIpc) is 3.35. The predicted molar refractivity (Wildman–Crippen MR) is 107 cm³/mol. The molecule has 0 bridgehead atoms. The van der Waals surface area contributed by atoms with Crippen LogP contribution in [0.3, 0.4) is 0 Å². The summed E-state index contributed by atoms with van der Waals surface area (Å²) in [6.07, 6.45) is 2.63. The van der Waals surface area contributed by atoms with Gasteiger partial charge in [0.05, 0.1) is 12.6 Å². The van der Waals surface area contributed by atoms with Gasteiger partial charge in [-0.15, -0.1) is 10.2 Å². The van der Waals surface area contributed by atoms with Crippen LogP contribution in [0.2, 0.25) is 0 Å². The van der Waals surface area contributed by atoms with Crippen LogP contribution in [0.1, 0.15) is 40.5 Å². The number of fused-ring (bicyclic) bond motifs is 2. The van der Waals surface area contributed by atoms with E-state index in [-0.39, 0.29) is 11.9 Å². The van der Waals surface area contributed by atoms with Gasteiger partial charge in [-0.05, 0) is 36.1 Å². The smallest absolute Gasteiger partial charge is 0.254 e. The fraction of sp³-hybridized carbons (Fsp3) is 0.227. The SMILES string of the molecule is C[C@H]1CN(C(=O)c2ccc3cc[nH]c3c2)Cc2nnc(Cc3ccccc3)n21. The van der Waals surface area contributed by atoms with E-state index >= 15 is 0 Å². The standard InChI is InChI=1S/C22H21N5O/c1-15-13-26(22(28)18-8-7-17-9-10-23-19(17)12-18)14-21-25-24-20(27(15)21)11-16-5-3-2-4-6-16/h2-10,12,15,23H,11,13-14H2,1H3/t15-/m0/s1. The molecule has 1 aliphatic heterocycles. The quantitative estimate of drug-likeness (QED) is 0.599. The van der Waals surface area contributed by atoms with Crippen LogP contribution in [0.4, 0.5) is 0 Å². The Morgan fingerprint density at radius 1 is 1.14 bits per heavy atom. The van der Waals surface area contributed by atoms with Crippen molar-refractivity contribution >= 4 is 16.8 Å². The molecule has 6 nitrogen and oxygen atoms in total. The molecule has 3 heterocycles. The molecule has 4 aromatic rings. The van der Waals surface area contributed by atoms with Crippen molar-refractivity contribution in [2.24, 2.45) is 0 Å². The zero-order valence-electron chi connectivity index (χ0n) is 15.7. The van der Waals surface area contributed by atoms with Crippen molar-refractivity contribution in [3.63, 3.8) is 0 Å². The Labute approximate surface area is 162 Å². The van der Waals surface area contributed by atoms with Crippen LogP contribution >= 0.6 is 0 Å². The van der Waals surface area contributed by atoms with Crippen molar-refractivity contribution in [3.8, 4) is 0 Å². The summed E-state index contributed by atoms with van der Waals surface area (Å²) in [5.41, 5.74) is 2.88. The molecule has 0 saturated heterocycles. The lowest BCUT2D eigenvalue weighted by molar-refractivity contribution is 0.0680. The Balaban J connectivity index is 1.40.